The largest absolute Gasteiger partial charge is 0.398 e. The molecule has 0 aromatic heterocycles. The summed E-state index contributed by atoms with van der Waals surface area (Å²) in [5, 5.41) is 0. The van der Waals surface area contributed by atoms with Gasteiger partial charge < -0.3 is 5.73 Å². The van der Waals surface area contributed by atoms with Gasteiger partial charge in [-0.1, -0.05) is 49.7 Å². The molecule has 0 aliphatic carbocycles. The highest BCUT2D eigenvalue weighted by Crippen LogP contribution is 2.27. The topological polar surface area (TPSA) is 26.0 Å². The predicted molar refractivity (Wildman–Crippen MR) is 75.0 cm³/mol. The third-order valence-electron chi connectivity index (χ3n) is 2.98. The standard InChI is InChI=1S/C16H19N/c1-3-5-13-6-4-7-14(11-13)15-9-8-12(2)10-16(15)17/h4,6-11H,3,5,17H2,1-2H3. The van der Waals surface area contributed by atoms with Gasteiger partial charge in [0, 0.05) is 11.3 Å². The van der Waals surface area contributed by atoms with Crippen molar-refractivity contribution in [3.05, 3.63) is 53.6 Å². The minimum Gasteiger partial charge on any atom is -0.398 e. The van der Waals surface area contributed by atoms with Crippen LogP contribution in [0.5, 0.6) is 0 Å². The van der Waals surface area contributed by atoms with Gasteiger partial charge in [0.25, 0.3) is 0 Å². The first kappa shape index (κ1) is 11.7. The fourth-order valence-corrected chi connectivity index (χ4v) is 2.13. The Morgan fingerprint density at radius 2 is 1.88 bits per heavy atom. The molecule has 0 heterocycles. The van der Waals surface area contributed by atoms with E-state index in [2.05, 4.69) is 50.2 Å². The second-order valence-electron chi connectivity index (χ2n) is 4.54. The van der Waals surface area contributed by atoms with Crippen molar-refractivity contribution in [1.29, 1.82) is 0 Å². The molecular weight excluding hydrogens is 206 g/mol. The first-order valence-corrected chi connectivity index (χ1v) is 6.16. The fraction of sp³-hybridized carbons (Fsp3) is 0.250. The smallest absolute Gasteiger partial charge is 0.0396 e. The molecule has 0 bridgehead atoms. The zero-order valence-electron chi connectivity index (χ0n) is 10.5. The Morgan fingerprint density at radius 1 is 1.06 bits per heavy atom. The van der Waals surface area contributed by atoms with Crippen molar-refractivity contribution in [3.63, 3.8) is 0 Å². The van der Waals surface area contributed by atoms with Crippen molar-refractivity contribution in [2.24, 2.45) is 0 Å². The average molecular weight is 225 g/mol. The summed E-state index contributed by atoms with van der Waals surface area (Å²) in [5.74, 6) is 0. The average Bonchev–Trinajstić information content (AvgIpc) is 2.29. The predicted octanol–water partition coefficient (Wildman–Crippen LogP) is 4.20. The molecule has 0 saturated heterocycles. The molecule has 88 valence electrons. The number of benzene rings is 2. The van der Waals surface area contributed by atoms with Gasteiger partial charge in [0.05, 0.1) is 0 Å². The van der Waals surface area contributed by atoms with Gasteiger partial charge in [-0.25, -0.2) is 0 Å². The summed E-state index contributed by atoms with van der Waals surface area (Å²) in [6, 6.07) is 14.9. The van der Waals surface area contributed by atoms with Crippen LogP contribution < -0.4 is 5.73 Å². The van der Waals surface area contributed by atoms with Gasteiger partial charge in [-0.05, 0) is 36.1 Å². The quantitative estimate of drug-likeness (QED) is 0.778. The van der Waals surface area contributed by atoms with Crippen LogP contribution in [0.2, 0.25) is 0 Å². The molecule has 0 unspecified atom stereocenters. The molecule has 0 saturated carbocycles. The molecule has 17 heavy (non-hydrogen) atoms. The van der Waals surface area contributed by atoms with Gasteiger partial charge in [-0.2, -0.15) is 0 Å². The third-order valence-corrected chi connectivity index (χ3v) is 2.98. The van der Waals surface area contributed by atoms with E-state index in [1.165, 1.54) is 23.1 Å². The summed E-state index contributed by atoms with van der Waals surface area (Å²) in [6.45, 7) is 4.26. The van der Waals surface area contributed by atoms with Crippen molar-refractivity contribution in [2.45, 2.75) is 26.7 Å². The zero-order chi connectivity index (χ0) is 12.3. The Kier molecular flexibility index (Phi) is 3.48. The van der Waals surface area contributed by atoms with E-state index in [0.29, 0.717) is 0 Å². The zero-order valence-corrected chi connectivity index (χ0v) is 10.5. The van der Waals surface area contributed by atoms with Crippen molar-refractivity contribution < 1.29 is 0 Å². The number of hydrogen-bond acceptors (Lipinski definition) is 1. The molecule has 1 heteroatoms. The maximum atomic E-state index is 6.08. The second-order valence-corrected chi connectivity index (χ2v) is 4.54. The molecule has 1 nitrogen and oxygen atoms in total. The SMILES string of the molecule is CCCc1cccc(-c2ccc(C)cc2N)c1. The highest BCUT2D eigenvalue weighted by molar-refractivity contribution is 5.77. The molecule has 0 atom stereocenters. The van der Waals surface area contributed by atoms with Crippen LogP contribution in [0.15, 0.2) is 42.5 Å². The molecule has 0 aliphatic heterocycles. The molecule has 0 amide bonds. The van der Waals surface area contributed by atoms with E-state index >= 15 is 0 Å². The highest BCUT2D eigenvalue weighted by Gasteiger charge is 2.03. The van der Waals surface area contributed by atoms with Gasteiger partial charge >= 0.3 is 0 Å². The summed E-state index contributed by atoms with van der Waals surface area (Å²) in [7, 11) is 0. The first-order valence-electron chi connectivity index (χ1n) is 6.16. The monoisotopic (exact) mass is 225 g/mol. The summed E-state index contributed by atoms with van der Waals surface area (Å²) in [5.41, 5.74) is 11.9. The van der Waals surface area contributed by atoms with Crippen LogP contribution in [0, 0.1) is 6.92 Å². The van der Waals surface area contributed by atoms with Crippen LogP contribution in [0.4, 0.5) is 5.69 Å². The first-order chi connectivity index (χ1) is 8.20. The van der Waals surface area contributed by atoms with Gasteiger partial charge in [0.15, 0.2) is 0 Å². The maximum Gasteiger partial charge on any atom is 0.0396 e. The van der Waals surface area contributed by atoms with E-state index in [-0.39, 0.29) is 0 Å². The Morgan fingerprint density at radius 3 is 2.59 bits per heavy atom. The molecule has 2 rings (SSSR count). The normalized spacial score (nSPS) is 10.5. The van der Waals surface area contributed by atoms with E-state index in [1.807, 2.05) is 6.07 Å². The molecule has 0 radical (unpaired) electrons. The van der Waals surface area contributed by atoms with E-state index < -0.39 is 0 Å². The Balaban J connectivity index is 2.42. The van der Waals surface area contributed by atoms with Crippen molar-refractivity contribution in [1.82, 2.24) is 0 Å². The maximum absolute atomic E-state index is 6.08. The molecule has 0 fully saturated rings. The van der Waals surface area contributed by atoms with Crippen LogP contribution in [-0.4, -0.2) is 0 Å². The number of rotatable bonds is 3. The lowest BCUT2D eigenvalue weighted by molar-refractivity contribution is 0.922. The van der Waals surface area contributed by atoms with E-state index in [0.717, 1.165) is 17.7 Å². The fourth-order valence-electron chi connectivity index (χ4n) is 2.13. The van der Waals surface area contributed by atoms with Gasteiger partial charge in [0.1, 0.15) is 0 Å². The number of aryl methyl sites for hydroxylation is 2. The lowest BCUT2D eigenvalue weighted by Crippen LogP contribution is -1.92. The summed E-state index contributed by atoms with van der Waals surface area (Å²) in [6.07, 6.45) is 2.30. The van der Waals surface area contributed by atoms with Crippen LogP contribution in [0.3, 0.4) is 0 Å². The summed E-state index contributed by atoms with van der Waals surface area (Å²) < 4.78 is 0. The molecule has 0 aliphatic rings. The number of anilines is 1. The Labute approximate surface area is 103 Å². The third kappa shape index (κ3) is 2.68. The van der Waals surface area contributed by atoms with Crippen molar-refractivity contribution in [3.8, 4) is 11.1 Å². The van der Waals surface area contributed by atoms with Gasteiger partial charge in [-0.3, -0.25) is 0 Å². The molecular formula is C16H19N. The lowest BCUT2D eigenvalue weighted by Gasteiger charge is -2.08. The van der Waals surface area contributed by atoms with Gasteiger partial charge in [0.2, 0.25) is 0 Å². The Bertz CT molecular complexity index is 515. The second kappa shape index (κ2) is 5.05. The van der Waals surface area contributed by atoms with Crippen LogP contribution >= 0.6 is 0 Å². The van der Waals surface area contributed by atoms with E-state index in [9.17, 15) is 0 Å². The van der Waals surface area contributed by atoms with E-state index in [4.69, 9.17) is 5.73 Å². The van der Waals surface area contributed by atoms with E-state index in [1.54, 1.807) is 0 Å². The lowest BCUT2D eigenvalue weighted by atomic mass is 9.99. The van der Waals surface area contributed by atoms with Crippen LogP contribution in [-0.2, 0) is 6.42 Å². The van der Waals surface area contributed by atoms with Crippen molar-refractivity contribution >= 4 is 5.69 Å². The molecule has 0 spiro atoms. The molecule has 2 aromatic carbocycles. The minimum atomic E-state index is 0.860. The summed E-state index contributed by atoms with van der Waals surface area (Å²) in [4.78, 5) is 0. The van der Waals surface area contributed by atoms with Crippen molar-refractivity contribution in [2.75, 3.05) is 5.73 Å². The highest BCUT2D eigenvalue weighted by atomic mass is 14.6. The van der Waals surface area contributed by atoms with Gasteiger partial charge in [-0.15, -0.1) is 0 Å². The number of nitrogen functional groups attached to an aromatic ring is 1. The van der Waals surface area contributed by atoms with Crippen LogP contribution in [0.1, 0.15) is 24.5 Å². The summed E-state index contributed by atoms with van der Waals surface area (Å²) >= 11 is 0. The molecule has 2 aromatic rings. The Hall–Kier alpha value is -1.76. The van der Waals surface area contributed by atoms with Crippen LogP contribution in [0.25, 0.3) is 11.1 Å². The number of hydrogen-bond donors (Lipinski definition) is 1. The minimum absolute atomic E-state index is 0.860. The molecule has 2 N–H and O–H groups in total. The number of nitrogens with two attached hydrogens (primary N) is 1.